The van der Waals surface area contributed by atoms with Gasteiger partial charge in [-0.3, -0.25) is 4.99 Å². The lowest BCUT2D eigenvalue weighted by molar-refractivity contribution is 0.117. The van der Waals surface area contributed by atoms with Crippen molar-refractivity contribution in [1.29, 1.82) is 0 Å². The average molecular weight is 186 g/mol. The summed E-state index contributed by atoms with van der Waals surface area (Å²) in [6.45, 7) is 8.55. The Balaban J connectivity index is 3.28. The summed E-state index contributed by atoms with van der Waals surface area (Å²) >= 11 is 0. The van der Waals surface area contributed by atoms with E-state index in [1.165, 1.54) is 0 Å². The Morgan fingerprint density at radius 2 is 2.15 bits per heavy atom. The van der Waals surface area contributed by atoms with E-state index in [1.807, 2.05) is 0 Å². The SMILES string of the molecule is CCCC(N)=NCCOCC(C)C. The first-order chi connectivity index (χ1) is 6.16. The molecule has 0 atom stereocenters. The fourth-order valence-corrected chi connectivity index (χ4v) is 0.908. The molecule has 0 heterocycles. The average Bonchev–Trinajstić information content (AvgIpc) is 2.03. The molecule has 0 radical (unpaired) electrons. The van der Waals surface area contributed by atoms with Crippen LogP contribution < -0.4 is 5.73 Å². The van der Waals surface area contributed by atoms with Crippen molar-refractivity contribution >= 4 is 5.84 Å². The molecule has 0 unspecified atom stereocenters. The molecule has 0 fully saturated rings. The van der Waals surface area contributed by atoms with Gasteiger partial charge in [0.15, 0.2) is 0 Å². The first-order valence-corrected chi connectivity index (χ1v) is 5.03. The molecule has 0 spiro atoms. The van der Waals surface area contributed by atoms with E-state index in [1.54, 1.807) is 0 Å². The zero-order valence-electron chi connectivity index (χ0n) is 9.05. The summed E-state index contributed by atoms with van der Waals surface area (Å²) in [6.07, 6.45) is 1.95. The molecular formula is C10H22N2O. The minimum atomic E-state index is 0.594. The van der Waals surface area contributed by atoms with E-state index in [-0.39, 0.29) is 0 Å². The second-order valence-electron chi connectivity index (χ2n) is 3.59. The second kappa shape index (κ2) is 8.05. The predicted molar refractivity (Wildman–Crippen MR) is 57.1 cm³/mol. The maximum atomic E-state index is 5.62. The van der Waals surface area contributed by atoms with Crippen LogP contribution in [0.1, 0.15) is 33.6 Å². The number of amidine groups is 1. The Labute approximate surface area is 81.4 Å². The molecule has 0 bridgehead atoms. The van der Waals surface area contributed by atoms with Crippen LogP contribution in [0.15, 0.2) is 4.99 Å². The summed E-state index contributed by atoms with van der Waals surface area (Å²) in [5.74, 6) is 1.34. The Hall–Kier alpha value is -0.570. The van der Waals surface area contributed by atoms with Crippen molar-refractivity contribution in [1.82, 2.24) is 0 Å². The van der Waals surface area contributed by atoms with Gasteiger partial charge in [-0.2, -0.15) is 0 Å². The fourth-order valence-electron chi connectivity index (χ4n) is 0.908. The van der Waals surface area contributed by atoms with Crippen LogP contribution in [0.2, 0.25) is 0 Å². The number of ether oxygens (including phenoxy) is 1. The van der Waals surface area contributed by atoms with E-state index >= 15 is 0 Å². The van der Waals surface area contributed by atoms with Crippen molar-refractivity contribution in [2.24, 2.45) is 16.6 Å². The monoisotopic (exact) mass is 186 g/mol. The molecule has 0 aromatic heterocycles. The molecule has 13 heavy (non-hydrogen) atoms. The molecule has 0 rings (SSSR count). The van der Waals surface area contributed by atoms with Crippen LogP contribution in [0.3, 0.4) is 0 Å². The summed E-state index contributed by atoms with van der Waals surface area (Å²) < 4.78 is 5.36. The quantitative estimate of drug-likeness (QED) is 0.374. The highest BCUT2D eigenvalue weighted by atomic mass is 16.5. The van der Waals surface area contributed by atoms with Gasteiger partial charge in [0.1, 0.15) is 0 Å². The molecule has 0 aromatic rings. The van der Waals surface area contributed by atoms with Gasteiger partial charge in [0, 0.05) is 13.0 Å². The molecular weight excluding hydrogens is 164 g/mol. The van der Waals surface area contributed by atoms with E-state index in [4.69, 9.17) is 10.5 Å². The van der Waals surface area contributed by atoms with E-state index in [0.29, 0.717) is 19.1 Å². The van der Waals surface area contributed by atoms with E-state index in [0.717, 1.165) is 25.3 Å². The summed E-state index contributed by atoms with van der Waals surface area (Å²) in [6, 6.07) is 0. The maximum absolute atomic E-state index is 5.62. The number of nitrogens with two attached hydrogens (primary N) is 1. The van der Waals surface area contributed by atoms with Crippen molar-refractivity contribution in [2.45, 2.75) is 33.6 Å². The van der Waals surface area contributed by atoms with Gasteiger partial charge < -0.3 is 10.5 Å². The van der Waals surface area contributed by atoms with Crippen LogP contribution in [0.4, 0.5) is 0 Å². The van der Waals surface area contributed by atoms with Crippen LogP contribution in [-0.2, 0) is 4.74 Å². The minimum absolute atomic E-state index is 0.594. The van der Waals surface area contributed by atoms with Crippen LogP contribution in [0.5, 0.6) is 0 Å². The second-order valence-corrected chi connectivity index (χ2v) is 3.59. The summed E-state index contributed by atoms with van der Waals surface area (Å²) in [4.78, 5) is 4.18. The summed E-state index contributed by atoms with van der Waals surface area (Å²) in [5, 5.41) is 0. The smallest absolute Gasteiger partial charge is 0.0937 e. The number of hydrogen-bond donors (Lipinski definition) is 1. The third-order valence-corrected chi connectivity index (χ3v) is 1.51. The Bertz CT molecular complexity index is 144. The highest BCUT2D eigenvalue weighted by Gasteiger charge is 1.93. The van der Waals surface area contributed by atoms with Gasteiger partial charge in [-0.05, 0) is 12.3 Å². The molecule has 2 N–H and O–H groups in total. The highest BCUT2D eigenvalue weighted by molar-refractivity contribution is 5.80. The zero-order valence-corrected chi connectivity index (χ0v) is 9.05. The molecule has 0 aliphatic heterocycles. The topological polar surface area (TPSA) is 47.6 Å². The van der Waals surface area contributed by atoms with Crippen molar-refractivity contribution in [3.05, 3.63) is 0 Å². The van der Waals surface area contributed by atoms with Gasteiger partial charge in [-0.25, -0.2) is 0 Å². The lowest BCUT2D eigenvalue weighted by Crippen LogP contribution is -2.13. The number of nitrogens with zero attached hydrogens (tertiary/aromatic N) is 1. The van der Waals surface area contributed by atoms with Crippen LogP contribution >= 0.6 is 0 Å². The van der Waals surface area contributed by atoms with Crippen LogP contribution in [0.25, 0.3) is 0 Å². The van der Waals surface area contributed by atoms with Gasteiger partial charge >= 0.3 is 0 Å². The number of rotatable bonds is 7. The Morgan fingerprint density at radius 1 is 1.46 bits per heavy atom. The first kappa shape index (κ1) is 12.4. The molecule has 3 heteroatoms. The molecule has 0 amide bonds. The van der Waals surface area contributed by atoms with Crippen molar-refractivity contribution in [3.63, 3.8) is 0 Å². The van der Waals surface area contributed by atoms with E-state index in [9.17, 15) is 0 Å². The normalized spacial score (nSPS) is 12.5. The third kappa shape index (κ3) is 9.34. The summed E-state index contributed by atoms with van der Waals surface area (Å²) in [7, 11) is 0. The van der Waals surface area contributed by atoms with Gasteiger partial charge in [0.25, 0.3) is 0 Å². The van der Waals surface area contributed by atoms with Crippen LogP contribution in [-0.4, -0.2) is 25.6 Å². The molecule has 0 aliphatic rings. The third-order valence-electron chi connectivity index (χ3n) is 1.51. The van der Waals surface area contributed by atoms with Gasteiger partial charge in [0.2, 0.25) is 0 Å². The predicted octanol–water partition coefficient (Wildman–Crippen LogP) is 1.82. The van der Waals surface area contributed by atoms with Crippen molar-refractivity contribution in [2.75, 3.05) is 19.8 Å². The van der Waals surface area contributed by atoms with E-state index in [2.05, 4.69) is 25.8 Å². The largest absolute Gasteiger partial charge is 0.387 e. The first-order valence-electron chi connectivity index (χ1n) is 5.03. The number of hydrogen-bond acceptors (Lipinski definition) is 2. The highest BCUT2D eigenvalue weighted by Crippen LogP contribution is 1.92. The van der Waals surface area contributed by atoms with Gasteiger partial charge in [-0.1, -0.05) is 20.8 Å². The molecule has 0 saturated carbocycles. The molecule has 0 aromatic carbocycles. The Morgan fingerprint density at radius 3 is 2.69 bits per heavy atom. The van der Waals surface area contributed by atoms with Gasteiger partial charge in [0.05, 0.1) is 19.0 Å². The fraction of sp³-hybridized carbons (Fsp3) is 0.900. The van der Waals surface area contributed by atoms with Crippen molar-refractivity contribution < 1.29 is 4.74 Å². The molecule has 3 nitrogen and oxygen atoms in total. The standard InChI is InChI=1S/C10H22N2O/c1-4-5-10(11)12-6-7-13-8-9(2)3/h9H,4-8H2,1-3H3,(H2,11,12). The zero-order chi connectivity index (χ0) is 10.1. The van der Waals surface area contributed by atoms with Crippen molar-refractivity contribution in [3.8, 4) is 0 Å². The van der Waals surface area contributed by atoms with E-state index < -0.39 is 0 Å². The lowest BCUT2D eigenvalue weighted by atomic mass is 10.2. The number of aliphatic imine (C=N–C) groups is 1. The molecule has 0 saturated heterocycles. The molecule has 0 aliphatic carbocycles. The Kier molecular flexibility index (Phi) is 7.69. The van der Waals surface area contributed by atoms with Gasteiger partial charge in [-0.15, -0.1) is 0 Å². The summed E-state index contributed by atoms with van der Waals surface area (Å²) in [5.41, 5.74) is 5.62. The maximum Gasteiger partial charge on any atom is 0.0937 e. The molecule has 78 valence electrons. The minimum Gasteiger partial charge on any atom is -0.387 e. The van der Waals surface area contributed by atoms with Crippen LogP contribution in [0, 0.1) is 5.92 Å². The lowest BCUT2D eigenvalue weighted by Gasteiger charge is -2.04.